The van der Waals surface area contributed by atoms with E-state index in [1.165, 1.54) is 18.4 Å². The molecule has 2 heterocycles. The van der Waals surface area contributed by atoms with Crippen LogP contribution in [-0.2, 0) is 22.4 Å². The molecule has 21 heavy (non-hydrogen) atoms. The zero-order chi connectivity index (χ0) is 15.8. The lowest BCUT2D eigenvalue weighted by molar-refractivity contribution is 0.0226. The number of esters is 1. The molecule has 0 saturated heterocycles. The van der Waals surface area contributed by atoms with Crippen molar-refractivity contribution in [1.29, 1.82) is 0 Å². The van der Waals surface area contributed by atoms with Crippen molar-refractivity contribution < 1.29 is 19.1 Å². The molecule has 1 amide bonds. The summed E-state index contributed by atoms with van der Waals surface area (Å²) in [5, 5.41) is 0. The molecule has 1 aliphatic rings. The van der Waals surface area contributed by atoms with Crippen molar-refractivity contribution in [2.45, 2.75) is 39.3 Å². The Morgan fingerprint density at radius 1 is 1.33 bits per heavy atom. The van der Waals surface area contributed by atoms with E-state index in [1.807, 2.05) is 20.8 Å². The van der Waals surface area contributed by atoms with Gasteiger partial charge < -0.3 is 14.4 Å². The highest BCUT2D eigenvalue weighted by Crippen LogP contribution is 2.34. The highest BCUT2D eigenvalue weighted by atomic mass is 127. The van der Waals surface area contributed by atoms with Crippen molar-refractivity contribution in [1.82, 2.24) is 4.90 Å². The number of amides is 1. The highest BCUT2D eigenvalue weighted by Gasteiger charge is 2.31. The van der Waals surface area contributed by atoms with Gasteiger partial charge in [-0.2, -0.15) is 0 Å². The van der Waals surface area contributed by atoms with Gasteiger partial charge in [0.05, 0.1) is 22.1 Å². The lowest BCUT2D eigenvalue weighted by Gasteiger charge is -2.30. The predicted octanol–water partition coefficient (Wildman–Crippen LogP) is 3.43. The monoisotopic (exact) mass is 423 g/mol. The standard InChI is InChI=1S/C14H18INO4S/c1-14(2,3)20-13(18)16-6-5-8-9(7-16)21-11(15)10(8)12(17)19-4/h5-7H2,1-4H3. The molecule has 5 nitrogen and oxygen atoms in total. The average molecular weight is 423 g/mol. The second-order valence-electron chi connectivity index (χ2n) is 5.80. The van der Waals surface area contributed by atoms with Crippen LogP contribution in [0, 0.1) is 2.88 Å². The minimum absolute atomic E-state index is 0.303. The molecule has 7 heteroatoms. The first-order valence-corrected chi connectivity index (χ1v) is 8.48. The molecule has 0 aliphatic carbocycles. The number of rotatable bonds is 1. The Morgan fingerprint density at radius 3 is 2.57 bits per heavy atom. The lowest BCUT2D eigenvalue weighted by atomic mass is 10.0. The molecule has 2 rings (SSSR count). The van der Waals surface area contributed by atoms with Crippen molar-refractivity contribution in [2.75, 3.05) is 13.7 Å². The van der Waals surface area contributed by atoms with E-state index in [9.17, 15) is 9.59 Å². The van der Waals surface area contributed by atoms with E-state index in [0.717, 1.165) is 13.3 Å². The van der Waals surface area contributed by atoms with E-state index in [2.05, 4.69) is 22.6 Å². The van der Waals surface area contributed by atoms with Crippen LogP contribution >= 0.6 is 33.9 Å². The van der Waals surface area contributed by atoms with Gasteiger partial charge in [0, 0.05) is 11.4 Å². The first-order chi connectivity index (χ1) is 9.73. The number of methoxy groups -OCH3 is 1. The smallest absolute Gasteiger partial charge is 0.410 e. The summed E-state index contributed by atoms with van der Waals surface area (Å²) >= 11 is 3.69. The summed E-state index contributed by atoms with van der Waals surface area (Å²) in [5.41, 5.74) is 1.16. The van der Waals surface area contributed by atoms with Crippen molar-refractivity contribution in [3.63, 3.8) is 0 Å². The zero-order valence-electron chi connectivity index (χ0n) is 12.5. The van der Waals surface area contributed by atoms with Gasteiger partial charge in [0.15, 0.2) is 0 Å². The minimum Gasteiger partial charge on any atom is -0.465 e. The molecule has 0 atom stereocenters. The molecule has 116 valence electrons. The summed E-state index contributed by atoms with van der Waals surface area (Å²) in [6.45, 7) is 6.60. The number of hydrogen-bond acceptors (Lipinski definition) is 5. The SMILES string of the molecule is COC(=O)c1c(I)sc2c1CCN(C(=O)OC(C)(C)C)C2. The quantitative estimate of drug-likeness (QED) is 0.513. The Hall–Kier alpha value is -0.830. The van der Waals surface area contributed by atoms with E-state index in [4.69, 9.17) is 9.47 Å². The first kappa shape index (κ1) is 16.5. The third kappa shape index (κ3) is 3.68. The third-order valence-electron chi connectivity index (χ3n) is 3.06. The second-order valence-corrected chi connectivity index (χ2v) is 8.71. The van der Waals surface area contributed by atoms with Gasteiger partial charge in [0.1, 0.15) is 5.60 Å². The third-order valence-corrected chi connectivity index (χ3v) is 5.26. The summed E-state index contributed by atoms with van der Waals surface area (Å²) < 4.78 is 11.1. The molecule has 0 bridgehead atoms. The fourth-order valence-electron chi connectivity index (χ4n) is 2.16. The molecular weight excluding hydrogens is 405 g/mol. The van der Waals surface area contributed by atoms with Gasteiger partial charge in [-0.25, -0.2) is 9.59 Å². The number of fused-ring (bicyclic) bond motifs is 1. The highest BCUT2D eigenvalue weighted by molar-refractivity contribution is 14.1. The number of nitrogens with zero attached hydrogens (tertiary/aromatic N) is 1. The van der Waals surface area contributed by atoms with Gasteiger partial charge in [0.25, 0.3) is 0 Å². The fourth-order valence-corrected chi connectivity index (χ4v) is 4.57. The Bertz CT molecular complexity index is 576. The number of thiophene rings is 1. The number of ether oxygens (including phenoxy) is 2. The maximum Gasteiger partial charge on any atom is 0.410 e. The molecule has 1 aromatic heterocycles. The predicted molar refractivity (Wildman–Crippen MR) is 88.7 cm³/mol. The molecular formula is C14H18INO4S. The maximum absolute atomic E-state index is 12.1. The van der Waals surface area contributed by atoms with E-state index >= 15 is 0 Å². The summed E-state index contributed by atoms with van der Waals surface area (Å²) in [7, 11) is 1.39. The number of carbonyl (C=O) groups is 2. The van der Waals surface area contributed by atoms with E-state index < -0.39 is 5.60 Å². The van der Waals surface area contributed by atoms with Crippen LogP contribution < -0.4 is 0 Å². The molecule has 0 fully saturated rings. The molecule has 0 spiro atoms. The summed E-state index contributed by atoms with van der Waals surface area (Å²) in [5.74, 6) is -0.303. The van der Waals surface area contributed by atoms with Gasteiger partial charge >= 0.3 is 12.1 Å². The summed E-state index contributed by atoms with van der Waals surface area (Å²) in [6.07, 6.45) is 0.342. The van der Waals surface area contributed by atoms with Crippen molar-refractivity contribution in [2.24, 2.45) is 0 Å². The molecule has 0 N–H and O–H groups in total. The van der Waals surface area contributed by atoms with Crippen LogP contribution in [0.4, 0.5) is 4.79 Å². The topological polar surface area (TPSA) is 55.8 Å². The number of carbonyl (C=O) groups excluding carboxylic acids is 2. The van der Waals surface area contributed by atoms with Crippen LogP contribution in [0.2, 0.25) is 0 Å². The number of halogens is 1. The van der Waals surface area contributed by atoms with E-state index in [0.29, 0.717) is 25.1 Å². The lowest BCUT2D eigenvalue weighted by Crippen LogP contribution is -2.39. The van der Waals surface area contributed by atoms with Crippen molar-refractivity contribution in [3.05, 3.63) is 18.9 Å². The largest absolute Gasteiger partial charge is 0.465 e. The van der Waals surface area contributed by atoms with Crippen molar-refractivity contribution >= 4 is 46.0 Å². The van der Waals surface area contributed by atoms with Crippen molar-refractivity contribution in [3.8, 4) is 0 Å². The van der Waals surface area contributed by atoms with Gasteiger partial charge in [-0.15, -0.1) is 11.3 Å². The van der Waals surface area contributed by atoms with Gasteiger partial charge in [-0.1, -0.05) is 0 Å². The molecule has 0 radical (unpaired) electrons. The van der Waals surface area contributed by atoms with E-state index in [1.54, 1.807) is 4.90 Å². The number of hydrogen-bond donors (Lipinski definition) is 0. The van der Waals surface area contributed by atoms with Crippen LogP contribution in [0.15, 0.2) is 0 Å². The fraction of sp³-hybridized carbons (Fsp3) is 0.571. The second kappa shape index (κ2) is 6.12. The maximum atomic E-state index is 12.1. The zero-order valence-corrected chi connectivity index (χ0v) is 15.5. The summed E-state index contributed by atoms with van der Waals surface area (Å²) in [4.78, 5) is 26.7. The molecule has 1 aromatic rings. The van der Waals surface area contributed by atoms with Crippen LogP contribution in [0.25, 0.3) is 0 Å². The van der Waals surface area contributed by atoms with Gasteiger partial charge in [-0.05, 0) is 55.3 Å². The Morgan fingerprint density at radius 2 is 2.00 bits per heavy atom. The van der Waals surface area contributed by atoms with E-state index in [-0.39, 0.29) is 12.1 Å². The van der Waals surface area contributed by atoms with Crippen LogP contribution in [0.3, 0.4) is 0 Å². The molecule has 0 saturated carbocycles. The Labute approximate surface area is 141 Å². The van der Waals surface area contributed by atoms with Gasteiger partial charge in [-0.3, -0.25) is 0 Å². The first-order valence-electron chi connectivity index (χ1n) is 6.59. The molecule has 0 aromatic carbocycles. The molecule has 0 unspecified atom stereocenters. The summed E-state index contributed by atoms with van der Waals surface area (Å²) in [6, 6.07) is 0. The average Bonchev–Trinajstić information content (AvgIpc) is 2.70. The normalized spacial score (nSPS) is 14.6. The Balaban J connectivity index is 2.19. The van der Waals surface area contributed by atoms with Crippen LogP contribution in [-0.4, -0.2) is 36.2 Å². The van der Waals surface area contributed by atoms with Crippen LogP contribution in [0.5, 0.6) is 0 Å². The Kier molecular flexibility index (Phi) is 4.82. The van der Waals surface area contributed by atoms with Crippen LogP contribution in [0.1, 0.15) is 41.6 Å². The molecule has 1 aliphatic heterocycles. The van der Waals surface area contributed by atoms with Gasteiger partial charge in [0.2, 0.25) is 0 Å². The minimum atomic E-state index is -0.502.